The van der Waals surface area contributed by atoms with Crippen LogP contribution >= 0.6 is 38.5 Å². The number of rotatable bonds is 1. The molecule has 0 bridgehead atoms. The van der Waals surface area contributed by atoms with Crippen LogP contribution in [-0.4, -0.2) is 5.11 Å². The lowest BCUT2D eigenvalue weighted by Crippen LogP contribution is -1.94. The summed E-state index contributed by atoms with van der Waals surface area (Å²) in [6, 6.07) is 3.37. The van der Waals surface area contributed by atoms with Crippen molar-refractivity contribution >= 4 is 38.5 Å². The van der Waals surface area contributed by atoms with Crippen LogP contribution in [0.4, 0.5) is 4.39 Å². The average molecular weight is 331 g/mol. The molecule has 11 heavy (non-hydrogen) atoms. The van der Waals surface area contributed by atoms with Gasteiger partial charge in [-0.25, -0.2) is 4.39 Å². The maximum absolute atomic E-state index is 13.1. The molecule has 0 amide bonds. The fourth-order valence-electron chi connectivity index (χ4n) is 0.714. The predicted octanol–water partition coefficient (Wildman–Crippen LogP) is 2.69. The molecule has 1 nitrogen and oxygen atoms in total. The second-order valence-electron chi connectivity index (χ2n) is 1.98. The highest BCUT2D eigenvalue weighted by Gasteiger charge is 2.08. The van der Waals surface area contributed by atoms with E-state index in [0.29, 0.717) is 10.0 Å². The Bertz CT molecular complexity index is 277. The molecule has 60 valence electrons. The van der Waals surface area contributed by atoms with Crippen molar-refractivity contribution in [2.24, 2.45) is 0 Å². The van der Waals surface area contributed by atoms with Gasteiger partial charge in [0, 0.05) is 9.13 Å². The van der Waals surface area contributed by atoms with Gasteiger partial charge in [-0.2, -0.15) is 0 Å². The van der Waals surface area contributed by atoms with Gasteiger partial charge in [0.1, 0.15) is 5.82 Å². The van der Waals surface area contributed by atoms with Gasteiger partial charge in [0.15, 0.2) is 0 Å². The molecular formula is C7H5BrFIO. The van der Waals surface area contributed by atoms with Gasteiger partial charge < -0.3 is 5.11 Å². The quantitative estimate of drug-likeness (QED) is 0.620. The third-order valence-corrected chi connectivity index (χ3v) is 2.92. The van der Waals surface area contributed by atoms with Gasteiger partial charge in [0.2, 0.25) is 0 Å². The zero-order valence-electron chi connectivity index (χ0n) is 5.44. The molecule has 0 saturated heterocycles. The zero-order valence-corrected chi connectivity index (χ0v) is 9.19. The summed E-state index contributed by atoms with van der Waals surface area (Å²) in [6.45, 7) is -0.260. The summed E-state index contributed by atoms with van der Waals surface area (Å²) < 4.78 is 14.2. The molecular weight excluding hydrogens is 326 g/mol. The topological polar surface area (TPSA) is 20.2 Å². The average Bonchev–Trinajstić information content (AvgIpc) is 1.99. The number of aliphatic hydroxyl groups excluding tert-OH is 1. The van der Waals surface area contributed by atoms with Crippen LogP contribution in [0.3, 0.4) is 0 Å². The third-order valence-electron chi connectivity index (χ3n) is 1.30. The Kier molecular flexibility index (Phi) is 3.27. The highest BCUT2D eigenvalue weighted by atomic mass is 127. The highest BCUT2D eigenvalue weighted by Crippen LogP contribution is 2.23. The molecule has 0 fully saturated rings. The molecule has 1 aromatic carbocycles. The van der Waals surface area contributed by atoms with Gasteiger partial charge in [-0.3, -0.25) is 0 Å². The Labute approximate surface area is 85.9 Å². The normalized spacial score (nSPS) is 10.2. The Morgan fingerprint density at radius 1 is 1.55 bits per heavy atom. The Hall–Kier alpha value is 0.320. The van der Waals surface area contributed by atoms with E-state index in [4.69, 9.17) is 5.11 Å². The maximum Gasteiger partial charge on any atom is 0.143 e. The standard InChI is InChI=1S/C7H5BrFIO/c8-5-1-2-6(10)4(3-11)7(5)9/h1-2,11H,3H2. The molecule has 4 heteroatoms. The fourth-order valence-corrected chi connectivity index (χ4v) is 1.67. The summed E-state index contributed by atoms with van der Waals surface area (Å²) in [7, 11) is 0. The van der Waals surface area contributed by atoms with Crippen LogP contribution in [-0.2, 0) is 6.61 Å². The van der Waals surface area contributed by atoms with Gasteiger partial charge in [-0.15, -0.1) is 0 Å². The van der Waals surface area contributed by atoms with Crippen LogP contribution in [0.2, 0.25) is 0 Å². The molecule has 0 aliphatic carbocycles. The maximum atomic E-state index is 13.1. The Morgan fingerprint density at radius 2 is 2.18 bits per heavy atom. The van der Waals surface area contributed by atoms with E-state index >= 15 is 0 Å². The minimum Gasteiger partial charge on any atom is -0.392 e. The van der Waals surface area contributed by atoms with Crippen LogP contribution < -0.4 is 0 Å². The molecule has 0 unspecified atom stereocenters. The summed E-state index contributed by atoms with van der Waals surface area (Å²) >= 11 is 5.01. The number of hydrogen-bond acceptors (Lipinski definition) is 1. The van der Waals surface area contributed by atoms with Gasteiger partial charge in [-0.05, 0) is 50.7 Å². The van der Waals surface area contributed by atoms with E-state index in [9.17, 15) is 4.39 Å². The van der Waals surface area contributed by atoms with Gasteiger partial charge in [0.25, 0.3) is 0 Å². The second kappa shape index (κ2) is 3.82. The first-order valence-corrected chi connectivity index (χ1v) is 4.77. The van der Waals surface area contributed by atoms with Gasteiger partial charge in [0.05, 0.1) is 11.1 Å². The van der Waals surface area contributed by atoms with Crippen molar-refractivity contribution in [3.05, 3.63) is 31.6 Å². The molecule has 0 aliphatic rings. The lowest BCUT2D eigenvalue weighted by molar-refractivity contribution is 0.274. The zero-order chi connectivity index (χ0) is 8.43. The fraction of sp³-hybridized carbons (Fsp3) is 0.143. The van der Waals surface area contributed by atoms with Crippen molar-refractivity contribution in [2.75, 3.05) is 0 Å². The second-order valence-corrected chi connectivity index (χ2v) is 4.00. The van der Waals surface area contributed by atoms with Crippen molar-refractivity contribution in [3.8, 4) is 0 Å². The van der Waals surface area contributed by atoms with Crippen LogP contribution in [0, 0.1) is 9.39 Å². The van der Waals surface area contributed by atoms with E-state index in [1.807, 2.05) is 22.6 Å². The first-order valence-electron chi connectivity index (χ1n) is 2.90. The van der Waals surface area contributed by atoms with E-state index in [0.717, 1.165) is 3.57 Å². The molecule has 0 heterocycles. The molecule has 0 saturated carbocycles. The predicted molar refractivity (Wildman–Crippen MR) is 52.7 cm³/mol. The molecule has 0 aliphatic heterocycles. The van der Waals surface area contributed by atoms with Crippen LogP contribution in [0.15, 0.2) is 16.6 Å². The molecule has 0 radical (unpaired) electrons. The lowest BCUT2D eigenvalue weighted by atomic mass is 10.2. The lowest BCUT2D eigenvalue weighted by Gasteiger charge is -2.03. The molecule has 1 aromatic rings. The van der Waals surface area contributed by atoms with Crippen molar-refractivity contribution in [1.29, 1.82) is 0 Å². The molecule has 1 rings (SSSR count). The summed E-state index contributed by atoms with van der Waals surface area (Å²) in [5.41, 5.74) is 0.347. The summed E-state index contributed by atoms with van der Waals surface area (Å²) in [6.07, 6.45) is 0. The van der Waals surface area contributed by atoms with Gasteiger partial charge in [-0.1, -0.05) is 0 Å². The minimum atomic E-state index is -0.376. The third kappa shape index (κ3) is 1.91. The Morgan fingerprint density at radius 3 is 2.64 bits per heavy atom. The summed E-state index contributed by atoms with van der Waals surface area (Å²) in [4.78, 5) is 0. The molecule has 1 N–H and O–H groups in total. The molecule has 0 spiro atoms. The van der Waals surface area contributed by atoms with Crippen LogP contribution in [0.5, 0.6) is 0 Å². The van der Waals surface area contributed by atoms with Crippen molar-refractivity contribution in [1.82, 2.24) is 0 Å². The van der Waals surface area contributed by atoms with E-state index in [1.54, 1.807) is 12.1 Å². The van der Waals surface area contributed by atoms with Crippen molar-refractivity contribution < 1.29 is 9.50 Å². The van der Waals surface area contributed by atoms with Crippen LogP contribution in [0.25, 0.3) is 0 Å². The van der Waals surface area contributed by atoms with Crippen molar-refractivity contribution in [3.63, 3.8) is 0 Å². The van der Waals surface area contributed by atoms with Crippen molar-refractivity contribution in [2.45, 2.75) is 6.61 Å². The number of halogens is 3. The van der Waals surface area contributed by atoms with E-state index in [2.05, 4.69) is 15.9 Å². The van der Waals surface area contributed by atoms with Gasteiger partial charge >= 0.3 is 0 Å². The first kappa shape index (κ1) is 9.41. The summed E-state index contributed by atoms with van der Waals surface area (Å²) in [5.74, 6) is -0.376. The van der Waals surface area contributed by atoms with E-state index in [-0.39, 0.29) is 12.4 Å². The number of hydrogen-bond donors (Lipinski definition) is 1. The summed E-state index contributed by atoms with van der Waals surface area (Å²) in [5, 5.41) is 8.76. The minimum absolute atomic E-state index is 0.260. The molecule has 0 aromatic heterocycles. The highest BCUT2D eigenvalue weighted by molar-refractivity contribution is 14.1. The number of benzene rings is 1. The molecule has 0 atom stereocenters. The SMILES string of the molecule is OCc1c(I)ccc(Br)c1F. The smallest absolute Gasteiger partial charge is 0.143 e. The van der Waals surface area contributed by atoms with E-state index < -0.39 is 0 Å². The monoisotopic (exact) mass is 330 g/mol. The first-order chi connectivity index (χ1) is 5.16. The largest absolute Gasteiger partial charge is 0.392 e. The Balaban J connectivity index is 3.29. The number of aliphatic hydroxyl groups is 1. The van der Waals surface area contributed by atoms with Crippen LogP contribution in [0.1, 0.15) is 5.56 Å². The van der Waals surface area contributed by atoms with E-state index in [1.165, 1.54) is 0 Å².